The van der Waals surface area contributed by atoms with Gasteiger partial charge in [0.2, 0.25) is 11.8 Å². The third kappa shape index (κ3) is 3.85. The Bertz CT molecular complexity index is 882. The number of hydrogen-bond donors (Lipinski definition) is 2. The van der Waals surface area contributed by atoms with E-state index >= 15 is 0 Å². The Morgan fingerprint density at radius 2 is 2.08 bits per heavy atom. The normalized spacial score (nSPS) is 15.6. The average Bonchev–Trinajstić information content (AvgIpc) is 3.02. The molecule has 1 saturated heterocycles. The van der Waals surface area contributed by atoms with Gasteiger partial charge in [-0.1, -0.05) is 11.3 Å². The highest BCUT2D eigenvalue weighted by Gasteiger charge is 2.27. The number of primary amides is 1. The summed E-state index contributed by atoms with van der Waals surface area (Å²) in [6.45, 7) is 5.10. The van der Waals surface area contributed by atoms with Crippen LogP contribution < -0.4 is 21.5 Å². The molecule has 0 bridgehead atoms. The maximum atomic E-state index is 12.4. The van der Waals surface area contributed by atoms with Crippen molar-refractivity contribution in [3.05, 3.63) is 16.7 Å². The first-order valence-corrected chi connectivity index (χ1v) is 9.36. The van der Waals surface area contributed by atoms with E-state index in [2.05, 4.69) is 20.2 Å². The molecule has 0 spiro atoms. The van der Waals surface area contributed by atoms with Gasteiger partial charge in [0.15, 0.2) is 10.8 Å². The number of nitrogens with one attached hydrogen (secondary N) is 1. The minimum absolute atomic E-state index is 0.00828. The molecule has 10 heteroatoms. The number of rotatable bonds is 5. The molecule has 0 aromatic carbocycles. The van der Waals surface area contributed by atoms with Crippen molar-refractivity contribution in [1.82, 2.24) is 19.9 Å². The minimum atomic E-state index is -0.597. The fourth-order valence-corrected chi connectivity index (χ4v) is 4.01. The third-order valence-corrected chi connectivity index (χ3v) is 5.36. The Kier molecular flexibility index (Phi) is 5.21. The summed E-state index contributed by atoms with van der Waals surface area (Å²) in [7, 11) is 0. The van der Waals surface area contributed by atoms with Gasteiger partial charge in [0.05, 0.1) is 0 Å². The van der Waals surface area contributed by atoms with Crippen molar-refractivity contribution in [3.8, 4) is 0 Å². The average molecular weight is 378 g/mol. The van der Waals surface area contributed by atoms with Gasteiger partial charge in [-0.05, 0) is 26.7 Å². The largest absolute Gasteiger partial charge is 0.368 e. The number of fused-ring (bicyclic) bond motifs is 1. The highest BCUT2D eigenvalue weighted by atomic mass is 32.1. The molecule has 1 aliphatic heterocycles. The van der Waals surface area contributed by atoms with Crippen molar-refractivity contribution in [2.45, 2.75) is 39.3 Å². The molecule has 3 rings (SSSR count). The lowest BCUT2D eigenvalue weighted by Gasteiger charge is -2.31. The van der Waals surface area contributed by atoms with E-state index < -0.39 is 5.91 Å². The molecule has 26 heavy (non-hydrogen) atoms. The molecule has 0 saturated carbocycles. The summed E-state index contributed by atoms with van der Waals surface area (Å²) in [5, 5.41) is 3.67. The predicted octanol–water partition coefficient (Wildman–Crippen LogP) is 0.0793. The first kappa shape index (κ1) is 18.3. The molecule has 2 amide bonds. The monoisotopic (exact) mass is 378 g/mol. The molecule has 0 atom stereocenters. The van der Waals surface area contributed by atoms with Crippen molar-refractivity contribution in [3.63, 3.8) is 0 Å². The van der Waals surface area contributed by atoms with Crippen LogP contribution in [-0.2, 0) is 16.1 Å². The summed E-state index contributed by atoms with van der Waals surface area (Å²) in [4.78, 5) is 46.3. The number of carbonyl (C=O) groups is 2. The Morgan fingerprint density at radius 3 is 2.69 bits per heavy atom. The second-order valence-corrected chi connectivity index (χ2v) is 7.70. The van der Waals surface area contributed by atoms with Gasteiger partial charge in [0.25, 0.3) is 5.56 Å². The number of hydrogen-bond acceptors (Lipinski definition) is 7. The lowest BCUT2D eigenvalue weighted by Crippen LogP contribution is -2.42. The molecule has 3 N–H and O–H groups in total. The highest BCUT2D eigenvalue weighted by Crippen LogP contribution is 2.29. The molecule has 1 aliphatic rings. The second-order valence-electron chi connectivity index (χ2n) is 6.72. The topological polar surface area (TPSA) is 123 Å². The van der Waals surface area contributed by atoms with Gasteiger partial charge in [0, 0.05) is 25.0 Å². The molecule has 2 aromatic rings. The molecular formula is C16H22N6O3S. The van der Waals surface area contributed by atoms with E-state index in [9.17, 15) is 14.4 Å². The van der Waals surface area contributed by atoms with Crippen molar-refractivity contribution in [1.29, 1.82) is 0 Å². The van der Waals surface area contributed by atoms with Crippen LogP contribution in [0.2, 0.25) is 0 Å². The van der Waals surface area contributed by atoms with E-state index in [1.54, 1.807) is 0 Å². The predicted molar refractivity (Wildman–Crippen MR) is 99.1 cm³/mol. The summed E-state index contributed by atoms with van der Waals surface area (Å²) in [6.07, 6.45) is 2.78. The number of anilines is 1. The Hall–Kier alpha value is -2.49. The molecule has 2 aromatic heterocycles. The zero-order valence-electron chi connectivity index (χ0n) is 14.8. The Morgan fingerprint density at radius 1 is 1.38 bits per heavy atom. The van der Waals surface area contributed by atoms with Gasteiger partial charge in [-0.15, -0.1) is 0 Å². The number of thiazole rings is 1. The number of carbonyl (C=O) groups excluding carboxylic acids is 2. The molecule has 1 fully saturated rings. The van der Waals surface area contributed by atoms with Crippen LogP contribution in [0.15, 0.2) is 11.1 Å². The van der Waals surface area contributed by atoms with Crippen LogP contribution in [0, 0.1) is 5.92 Å². The van der Waals surface area contributed by atoms with Gasteiger partial charge in [-0.2, -0.15) is 4.98 Å². The van der Waals surface area contributed by atoms with E-state index in [1.807, 2.05) is 13.8 Å². The SMILES string of the molecule is CC(C)NC(=O)C1CCN(c2nc3ncn(CC(N)=O)c(=O)c3s2)CC1. The Balaban J connectivity index is 1.74. The van der Waals surface area contributed by atoms with Crippen molar-refractivity contribution < 1.29 is 9.59 Å². The van der Waals surface area contributed by atoms with Gasteiger partial charge < -0.3 is 16.0 Å². The maximum Gasteiger partial charge on any atom is 0.273 e. The number of nitrogens with two attached hydrogens (primary N) is 1. The van der Waals surface area contributed by atoms with Crippen LogP contribution >= 0.6 is 11.3 Å². The fourth-order valence-electron chi connectivity index (χ4n) is 2.99. The van der Waals surface area contributed by atoms with E-state index in [4.69, 9.17) is 5.73 Å². The van der Waals surface area contributed by atoms with Crippen LogP contribution in [0.25, 0.3) is 10.3 Å². The van der Waals surface area contributed by atoms with Crippen LogP contribution in [0.5, 0.6) is 0 Å². The fraction of sp³-hybridized carbons (Fsp3) is 0.562. The second kappa shape index (κ2) is 7.40. The van der Waals surface area contributed by atoms with Crippen LogP contribution in [-0.4, -0.2) is 45.5 Å². The maximum absolute atomic E-state index is 12.4. The number of amides is 2. The summed E-state index contributed by atoms with van der Waals surface area (Å²) in [5.41, 5.74) is 5.20. The first-order valence-electron chi connectivity index (χ1n) is 8.54. The highest BCUT2D eigenvalue weighted by molar-refractivity contribution is 7.22. The molecule has 0 aliphatic carbocycles. The smallest absolute Gasteiger partial charge is 0.273 e. The van der Waals surface area contributed by atoms with Crippen LogP contribution in [0.3, 0.4) is 0 Å². The summed E-state index contributed by atoms with van der Waals surface area (Å²) in [6, 6.07) is 0.137. The summed E-state index contributed by atoms with van der Waals surface area (Å²) < 4.78 is 1.60. The van der Waals surface area contributed by atoms with Gasteiger partial charge in [-0.3, -0.25) is 19.0 Å². The van der Waals surface area contributed by atoms with Gasteiger partial charge in [0.1, 0.15) is 17.6 Å². The van der Waals surface area contributed by atoms with Gasteiger partial charge in [-0.25, -0.2) is 4.98 Å². The lowest BCUT2D eigenvalue weighted by atomic mass is 9.96. The third-order valence-electron chi connectivity index (χ3n) is 4.27. The summed E-state index contributed by atoms with van der Waals surface area (Å²) >= 11 is 1.26. The van der Waals surface area contributed by atoms with Gasteiger partial charge >= 0.3 is 0 Å². The number of nitrogens with zero attached hydrogens (tertiary/aromatic N) is 4. The zero-order chi connectivity index (χ0) is 18.8. The van der Waals surface area contributed by atoms with E-state index in [-0.39, 0.29) is 30.0 Å². The lowest BCUT2D eigenvalue weighted by molar-refractivity contribution is -0.126. The van der Waals surface area contributed by atoms with Crippen LogP contribution in [0.4, 0.5) is 5.13 Å². The van der Waals surface area contributed by atoms with E-state index in [0.29, 0.717) is 28.6 Å². The molecule has 3 heterocycles. The molecule has 0 unspecified atom stereocenters. The quantitative estimate of drug-likeness (QED) is 0.759. The summed E-state index contributed by atoms with van der Waals surface area (Å²) in [5.74, 6) is -0.492. The number of piperidine rings is 1. The molecule has 0 radical (unpaired) electrons. The Labute approximate surface area is 154 Å². The molecule has 9 nitrogen and oxygen atoms in total. The van der Waals surface area contributed by atoms with Crippen molar-refractivity contribution in [2.75, 3.05) is 18.0 Å². The van der Waals surface area contributed by atoms with Crippen molar-refractivity contribution >= 4 is 38.6 Å². The minimum Gasteiger partial charge on any atom is -0.368 e. The van der Waals surface area contributed by atoms with Crippen LogP contribution in [0.1, 0.15) is 26.7 Å². The first-order chi connectivity index (χ1) is 12.3. The standard InChI is InChI=1S/C16H22N6O3S/c1-9(2)19-14(24)10-3-5-21(6-4-10)16-20-13-12(26-16)15(25)22(8-18-13)7-11(17)23/h8-10H,3-7H2,1-2H3,(H2,17,23)(H,19,24). The molecule has 140 valence electrons. The number of aromatic nitrogens is 3. The van der Waals surface area contributed by atoms with Crippen molar-refractivity contribution in [2.24, 2.45) is 11.7 Å². The van der Waals surface area contributed by atoms with E-state index in [1.165, 1.54) is 22.2 Å². The molecular weight excluding hydrogens is 356 g/mol. The zero-order valence-corrected chi connectivity index (χ0v) is 15.6. The van der Waals surface area contributed by atoms with E-state index in [0.717, 1.165) is 12.8 Å².